The number of rotatable bonds is 3. The van der Waals surface area contributed by atoms with Crippen molar-refractivity contribution in [1.29, 1.82) is 0 Å². The summed E-state index contributed by atoms with van der Waals surface area (Å²) in [6.07, 6.45) is -3.85. The second kappa shape index (κ2) is 6.18. The fourth-order valence-electron chi connectivity index (χ4n) is 2.18. The lowest BCUT2D eigenvalue weighted by Gasteiger charge is -2.21. The predicted molar refractivity (Wildman–Crippen MR) is 82.3 cm³/mol. The van der Waals surface area contributed by atoms with Crippen LogP contribution in [0.2, 0.25) is 0 Å². The van der Waals surface area contributed by atoms with Gasteiger partial charge in [0.2, 0.25) is 0 Å². The summed E-state index contributed by atoms with van der Waals surface area (Å²) in [7, 11) is 1.35. The van der Waals surface area contributed by atoms with E-state index in [1.807, 2.05) is 0 Å². The normalized spacial score (nSPS) is 12.1. The Hall–Kier alpha value is -2.51. The second-order valence-electron chi connectivity index (χ2n) is 6.19. The van der Waals surface area contributed by atoms with Crippen molar-refractivity contribution < 1.29 is 22.7 Å². The number of hydrogen-bond donors (Lipinski definition) is 1. The van der Waals surface area contributed by atoms with Crippen molar-refractivity contribution in [3.05, 3.63) is 41.7 Å². The van der Waals surface area contributed by atoms with Crippen molar-refractivity contribution in [1.82, 2.24) is 15.1 Å². The number of amides is 1. The average molecular weight is 341 g/mol. The lowest BCUT2D eigenvalue weighted by atomic mass is 10.1. The Morgan fingerprint density at radius 3 is 2.38 bits per heavy atom. The molecule has 1 amide bonds. The Balaban J connectivity index is 2.61. The fraction of sp³-hybridized carbons (Fsp3) is 0.375. The zero-order valence-corrected chi connectivity index (χ0v) is 13.7. The molecule has 0 aliphatic heterocycles. The van der Waals surface area contributed by atoms with E-state index >= 15 is 0 Å². The third-order valence-electron chi connectivity index (χ3n) is 3.08. The maximum atomic E-state index is 13.6. The number of hydrogen-bond acceptors (Lipinski definition) is 3. The van der Waals surface area contributed by atoms with E-state index in [1.54, 1.807) is 32.9 Å². The fourth-order valence-corrected chi connectivity index (χ4v) is 2.18. The minimum Gasteiger partial charge on any atom is -0.494 e. The van der Waals surface area contributed by atoms with Crippen molar-refractivity contribution in [3.8, 4) is 11.4 Å². The first kappa shape index (κ1) is 17.8. The number of alkyl halides is 3. The van der Waals surface area contributed by atoms with Gasteiger partial charge in [0.05, 0.1) is 18.9 Å². The van der Waals surface area contributed by atoms with E-state index in [0.29, 0.717) is 4.68 Å². The molecule has 1 N–H and O–H groups in total. The van der Waals surface area contributed by atoms with Crippen molar-refractivity contribution in [2.24, 2.45) is 0 Å². The standard InChI is InChI=1S/C16H18F3N3O2/c1-15(2,3)21-14(23)10-9-20-22(13(10)16(17,18)19)11-7-5-6-8-12(11)24-4/h5-9H,1-4H3,(H,21,23). The van der Waals surface area contributed by atoms with Crippen LogP contribution in [0.3, 0.4) is 0 Å². The molecule has 0 unspecified atom stereocenters. The molecular weight excluding hydrogens is 323 g/mol. The van der Waals surface area contributed by atoms with Gasteiger partial charge in [-0.1, -0.05) is 12.1 Å². The van der Waals surface area contributed by atoms with E-state index in [4.69, 9.17) is 4.74 Å². The quantitative estimate of drug-likeness (QED) is 0.931. The van der Waals surface area contributed by atoms with Crippen molar-refractivity contribution in [3.63, 3.8) is 0 Å². The van der Waals surface area contributed by atoms with E-state index in [-0.39, 0.29) is 11.4 Å². The van der Waals surface area contributed by atoms with Crippen molar-refractivity contribution >= 4 is 5.91 Å². The largest absolute Gasteiger partial charge is 0.494 e. The Kier molecular flexibility index (Phi) is 4.59. The summed E-state index contributed by atoms with van der Waals surface area (Å²) in [5.74, 6) is -0.621. The average Bonchev–Trinajstić information content (AvgIpc) is 2.90. The van der Waals surface area contributed by atoms with Crippen LogP contribution >= 0.6 is 0 Å². The lowest BCUT2D eigenvalue weighted by molar-refractivity contribution is -0.143. The van der Waals surface area contributed by atoms with Crippen LogP contribution in [0.1, 0.15) is 36.8 Å². The Morgan fingerprint density at radius 2 is 1.83 bits per heavy atom. The van der Waals surface area contributed by atoms with Gasteiger partial charge >= 0.3 is 6.18 Å². The molecule has 24 heavy (non-hydrogen) atoms. The highest BCUT2D eigenvalue weighted by atomic mass is 19.4. The van der Waals surface area contributed by atoms with Crippen LogP contribution < -0.4 is 10.1 Å². The van der Waals surface area contributed by atoms with E-state index in [1.165, 1.54) is 19.2 Å². The van der Waals surface area contributed by atoms with Crippen LogP contribution in [0.25, 0.3) is 5.69 Å². The molecule has 2 aromatic rings. The van der Waals surface area contributed by atoms with Gasteiger partial charge in [0.25, 0.3) is 5.91 Å². The zero-order valence-electron chi connectivity index (χ0n) is 13.7. The van der Waals surface area contributed by atoms with Gasteiger partial charge in [0.1, 0.15) is 11.4 Å². The number of carbonyl (C=O) groups is 1. The van der Waals surface area contributed by atoms with E-state index in [0.717, 1.165) is 6.20 Å². The van der Waals surface area contributed by atoms with Crippen molar-refractivity contribution in [2.75, 3.05) is 7.11 Å². The topological polar surface area (TPSA) is 56.2 Å². The molecule has 0 atom stereocenters. The maximum Gasteiger partial charge on any atom is 0.434 e. The molecule has 0 aliphatic carbocycles. The number of benzene rings is 1. The molecular formula is C16H18F3N3O2. The lowest BCUT2D eigenvalue weighted by Crippen LogP contribution is -2.41. The number of nitrogens with zero attached hydrogens (tertiary/aromatic N) is 2. The molecule has 1 aromatic heterocycles. The maximum absolute atomic E-state index is 13.6. The SMILES string of the molecule is COc1ccccc1-n1ncc(C(=O)NC(C)(C)C)c1C(F)(F)F. The van der Waals surface area contributed by atoms with E-state index in [9.17, 15) is 18.0 Å². The molecule has 130 valence electrons. The van der Waals surface area contributed by atoms with E-state index < -0.39 is 28.9 Å². The van der Waals surface area contributed by atoms with Gasteiger partial charge in [-0.3, -0.25) is 4.79 Å². The van der Waals surface area contributed by atoms with Gasteiger partial charge < -0.3 is 10.1 Å². The summed E-state index contributed by atoms with van der Waals surface area (Å²) in [6, 6.07) is 6.15. The molecule has 0 spiro atoms. The molecule has 2 rings (SSSR count). The molecule has 8 heteroatoms. The molecule has 0 fully saturated rings. The summed E-state index contributed by atoms with van der Waals surface area (Å²) < 4.78 is 46.5. The number of para-hydroxylation sites is 2. The number of halogens is 3. The molecule has 0 saturated heterocycles. The Morgan fingerprint density at radius 1 is 1.21 bits per heavy atom. The Bertz CT molecular complexity index is 746. The molecule has 0 aliphatic rings. The summed E-state index contributed by atoms with van der Waals surface area (Å²) in [5.41, 5.74) is -2.26. The Labute approximate surface area is 137 Å². The summed E-state index contributed by atoms with van der Waals surface area (Å²) in [6.45, 7) is 5.05. The van der Waals surface area contributed by atoms with E-state index in [2.05, 4.69) is 10.4 Å². The summed E-state index contributed by atoms with van der Waals surface area (Å²) in [5, 5.41) is 6.29. The van der Waals surface area contributed by atoms with Gasteiger partial charge in [-0.2, -0.15) is 18.3 Å². The minimum atomic E-state index is -4.76. The van der Waals surface area contributed by atoms with Gasteiger partial charge in [-0.25, -0.2) is 4.68 Å². The van der Waals surface area contributed by atoms with Crippen LogP contribution in [-0.4, -0.2) is 28.3 Å². The number of nitrogens with one attached hydrogen (secondary N) is 1. The van der Waals surface area contributed by atoms with Crippen molar-refractivity contribution in [2.45, 2.75) is 32.5 Å². The van der Waals surface area contributed by atoms with Crippen LogP contribution in [0.4, 0.5) is 13.2 Å². The molecule has 0 saturated carbocycles. The van der Waals surface area contributed by atoms with Crippen LogP contribution in [-0.2, 0) is 6.18 Å². The van der Waals surface area contributed by atoms with Gasteiger partial charge in [-0.05, 0) is 32.9 Å². The third kappa shape index (κ3) is 3.69. The van der Waals surface area contributed by atoms with Crippen LogP contribution in [0, 0.1) is 0 Å². The highest BCUT2D eigenvalue weighted by Crippen LogP contribution is 2.35. The molecule has 5 nitrogen and oxygen atoms in total. The molecule has 1 aromatic carbocycles. The first-order valence-corrected chi connectivity index (χ1v) is 7.15. The minimum absolute atomic E-state index is 0.0992. The van der Waals surface area contributed by atoms with Crippen LogP contribution in [0.15, 0.2) is 30.5 Å². The zero-order chi connectivity index (χ0) is 18.1. The molecule has 0 radical (unpaired) electrons. The highest BCUT2D eigenvalue weighted by molar-refractivity contribution is 5.96. The number of aromatic nitrogens is 2. The second-order valence-corrected chi connectivity index (χ2v) is 6.19. The predicted octanol–water partition coefficient (Wildman–Crippen LogP) is 3.43. The molecule has 0 bridgehead atoms. The van der Waals surface area contributed by atoms with Crippen LogP contribution in [0.5, 0.6) is 5.75 Å². The third-order valence-corrected chi connectivity index (χ3v) is 3.08. The number of ether oxygens (including phenoxy) is 1. The number of carbonyl (C=O) groups excluding carboxylic acids is 1. The van der Waals surface area contributed by atoms with Gasteiger partial charge in [-0.15, -0.1) is 0 Å². The van der Waals surface area contributed by atoms with Gasteiger partial charge in [0, 0.05) is 5.54 Å². The smallest absolute Gasteiger partial charge is 0.434 e. The first-order chi connectivity index (χ1) is 11.0. The highest BCUT2D eigenvalue weighted by Gasteiger charge is 2.41. The monoisotopic (exact) mass is 341 g/mol. The molecule has 1 heterocycles. The summed E-state index contributed by atoms with van der Waals surface area (Å²) in [4.78, 5) is 12.2. The first-order valence-electron chi connectivity index (χ1n) is 7.15. The summed E-state index contributed by atoms with van der Waals surface area (Å²) >= 11 is 0. The number of methoxy groups -OCH3 is 1. The van der Waals surface area contributed by atoms with Gasteiger partial charge in [0.15, 0.2) is 5.69 Å².